The maximum atomic E-state index is 15.6. The summed E-state index contributed by atoms with van der Waals surface area (Å²) in [6.45, 7) is 3.03. The Hall–Kier alpha value is -1.54. The first kappa shape index (κ1) is 25.5. The fourth-order valence-electron chi connectivity index (χ4n) is 4.42. The molecule has 1 saturated carbocycles. The van der Waals surface area contributed by atoms with Crippen molar-refractivity contribution in [2.75, 3.05) is 26.0 Å². The van der Waals surface area contributed by atoms with Gasteiger partial charge in [-0.05, 0) is 73.9 Å². The van der Waals surface area contributed by atoms with Gasteiger partial charge in [-0.15, -0.1) is 0 Å². The Balaban J connectivity index is 1.40. The molecule has 2 fully saturated rings. The van der Waals surface area contributed by atoms with Crippen molar-refractivity contribution < 1.29 is 18.3 Å². The number of benzene rings is 2. The van der Waals surface area contributed by atoms with E-state index in [-0.39, 0.29) is 24.1 Å². The van der Waals surface area contributed by atoms with Crippen LogP contribution >= 0.6 is 35.1 Å². The largest absolute Gasteiger partial charge is 0.490 e. The van der Waals surface area contributed by atoms with Crippen LogP contribution in [0.25, 0.3) is 0 Å². The Morgan fingerprint density at radius 1 is 1.21 bits per heavy atom. The summed E-state index contributed by atoms with van der Waals surface area (Å²) in [4.78, 5) is 14.4. The van der Waals surface area contributed by atoms with E-state index in [1.165, 1.54) is 6.07 Å². The normalized spacial score (nSPS) is 19.0. The maximum absolute atomic E-state index is 15.6. The maximum Gasteiger partial charge on any atom is 0.264 e. The van der Waals surface area contributed by atoms with Gasteiger partial charge in [0.05, 0.1) is 5.56 Å². The second kappa shape index (κ2) is 10.6. The molecule has 9 heteroatoms. The summed E-state index contributed by atoms with van der Waals surface area (Å²) in [6, 6.07) is 8.30. The third-order valence-electron chi connectivity index (χ3n) is 6.65. The van der Waals surface area contributed by atoms with E-state index in [4.69, 9.17) is 27.9 Å². The van der Waals surface area contributed by atoms with E-state index in [9.17, 15) is 9.18 Å². The molecule has 0 aromatic heterocycles. The zero-order chi connectivity index (χ0) is 24.5. The van der Waals surface area contributed by atoms with Gasteiger partial charge in [-0.25, -0.2) is 8.78 Å². The minimum absolute atomic E-state index is 0.0121. The van der Waals surface area contributed by atoms with E-state index in [0.717, 1.165) is 35.9 Å². The van der Waals surface area contributed by atoms with Crippen LogP contribution < -0.4 is 9.46 Å². The van der Waals surface area contributed by atoms with Crippen molar-refractivity contribution in [3.63, 3.8) is 0 Å². The molecule has 184 valence electrons. The van der Waals surface area contributed by atoms with Crippen LogP contribution in [0.15, 0.2) is 30.3 Å². The zero-order valence-electron chi connectivity index (χ0n) is 19.2. The van der Waals surface area contributed by atoms with Crippen LogP contribution in [0.1, 0.15) is 66.1 Å². The number of likely N-dealkylation sites (tertiary alicyclic amines) is 1. The lowest BCUT2D eigenvalue weighted by Crippen LogP contribution is -2.45. The molecule has 1 aliphatic carbocycles. The number of nitrogens with zero attached hydrogens (tertiary/aromatic N) is 1. The van der Waals surface area contributed by atoms with E-state index < -0.39 is 17.4 Å². The van der Waals surface area contributed by atoms with Crippen LogP contribution in [0.4, 0.5) is 8.78 Å². The molecule has 0 bridgehead atoms. The van der Waals surface area contributed by atoms with Gasteiger partial charge in [0.1, 0.15) is 23.8 Å². The average molecular weight is 529 g/mol. The van der Waals surface area contributed by atoms with E-state index in [1.54, 1.807) is 18.4 Å². The Morgan fingerprint density at radius 3 is 2.44 bits per heavy atom. The number of hydrogen-bond acceptors (Lipinski definition) is 4. The summed E-state index contributed by atoms with van der Waals surface area (Å²) < 4.78 is 38.7. The number of halogens is 4. The van der Waals surface area contributed by atoms with E-state index in [0.29, 0.717) is 41.7 Å². The number of amides is 1. The molecule has 2 aliphatic rings. The minimum Gasteiger partial charge on any atom is -0.490 e. The van der Waals surface area contributed by atoms with E-state index in [1.807, 2.05) is 12.1 Å². The third kappa shape index (κ3) is 5.99. The standard InChI is InChI=1S/C25H28Cl2F2N2O2S/c1-15(17-9-18(26)11-19(27)10-17)31-7-5-25(29,6-8-31)14-33-23-13-22(28)21(24(32)30-34-2)12-20(23)16-3-4-16/h9-13,15-16H,3-8,14H2,1-2H3,(H,30,32). The van der Waals surface area contributed by atoms with Gasteiger partial charge in [-0.1, -0.05) is 35.1 Å². The van der Waals surface area contributed by atoms with Gasteiger partial charge < -0.3 is 4.74 Å². The summed E-state index contributed by atoms with van der Waals surface area (Å²) in [7, 11) is 0. The minimum atomic E-state index is -1.51. The van der Waals surface area contributed by atoms with Gasteiger partial charge in [0, 0.05) is 41.5 Å². The molecule has 4 nitrogen and oxygen atoms in total. The Morgan fingerprint density at radius 2 is 1.85 bits per heavy atom. The monoisotopic (exact) mass is 528 g/mol. The highest BCUT2D eigenvalue weighted by molar-refractivity contribution is 7.97. The first-order valence-corrected chi connectivity index (χ1v) is 13.4. The molecule has 1 unspecified atom stereocenters. The van der Waals surface area contributed by atoms with Crippen LogP contribution in [0.2, 0.25) is 10.0 Å². The topological polar surface area (TPSA) is 41.6 Å². The predicted molar refractivity (Wildman–Crippen MR) is 134 cm³/mol. The van der Waals surface area contributed by atoms with Gasteiger partial charge >= 0.3 is 0 Å². The highest BCUT2D eigenvalue weighted by Crippen LogP contribution is 2.45. The van der Waals surface area contributed by atoms with Crippen LogP contribution in [-0.4, -0.2) is 42.4 Å². The number of piperidine rings is 1. The molecular formula is C25H28Cl2F2N2O2S. The van der Waals surface area contributed by atoms with Gasteiger partial charge in [-0.3, -0.25) is 14.4 Å². The van der Waals surface area contributed by atoms with Crippen molar-refractivity contribution in [1.82, 2.24) is 9.62 Å². The fraction of sp³-hybridized carbons (Fsp3) is 0.480. The summed E-state index contributed by atoms with van der Waals surface area (Å²) in [5.74, 6) is -0.591. The summed E-state index contributed by atoms with van der Waals surface area (Å²) in [5, 5.41) is 1.16. The van der Waals surface area contributed by atoms with Crippen molar-refractivity contribution in [2.24, 2.45) is 0 Å². The summed E-state index contributed by atoms with van der Waals surface area (Å²) in [5.41, 5.74) is 0.256. The smallest absolute Gasteiger partial charge is 0.264 e. The molecule has 34 heavy (non-hydrogen) atoms. The highest BCUT2D eigenvalue weighted by atomic mass is 35.5. The molecule has 0 spiro atoms. The molecule has 1 aliphatic heterocycles. The average Bonchev–Trinajstić information content (AvgIpc) is 3.63. The van der Waals surface area contributed by atoms with Gasteiger partial charge in [0.15, 0.2) is 0 Å². The summed E-state index contributed by atoms with van der Waals surface area (Å²) >= 11 is 13.4. The molecule has 1 atom stereocenters. The van der Waals surface area contributed by atoms with Crippen LogP contribution in [0.3, 0.4) is 0 Å². The predicted octanol–water partition coefficient (Wildman–Crippen LogP) is 6.96. The molecular weight excluding hydrogens is 501 g/mol. The first-order chi connectivity index (χ1) is 16.2. The number of carbonyl (C=O) groups is 1. The number of hydrogen-bond donors (Lipinski definition) is 1. The lowest BCUT2D eigenvalue weighted by atomic mass is 9.92. The molecule has 2 aromatic carbocycles. The van der Waals surface area contributed by atoms with Crippen LogP contribution in [0.5, 0.6) is 5.75 Å². The molecule has 1 saturated heterocycles. The van der Waals surface area contributed by atoms with Crippen LogP contribution in [-0.2, 0) is 0 Å². The quantitative estimate of drug-likeness (QED) is 0.376. The fourth-order valence-corrected chi connectivity index (χ4v) is 5.26. The Bertz CT molecular complexity index is 1040. The molecule has 1 amide bonds. The number of rotatable bonds is 8. The molecule has 0 radical (unpaired) electrons. The molecule has 1 N–H and O–H groups in total. The second-order valence-corrected chi connectivity index (χ2v) is 10.6. The van der Waals surface area contributed by atoms with E-state index in [2.05, 4.69) is 16.5 Å². The number of ether oxygens (including phenoxy) is 1. The van der Waals surface area contributed by atoms with Gasteiger partial charge in [0.2, 0.25) is 0 Å². The summed E-state index contributed by atoms with van der Waals surface area (Å²) in [6.07, 6.45) is 4.22. The van der Waals surface area contributed by atoms with Crippen molar-refractivity contribution in [3.05, 3.63) is 62.9 Å². The van der Waals surface area contributed by atoms with Crippen molar-refractivity contribution in [1.29, 1.82) is 0 Å². The lowest BCUT2D eigenvalue weighted by molar-refractivity contribution is 0.00614. The third-order valence-corrected chi connectivity index (χ3v) is 7.48. The van der Waals surface area contributed by atoms with E-state index >= 15 is 4.39 Å². The SMILES string of the molecule is CSNC(=O)c1cc(C2CC2)c(OCC2(F)CCN(C(C)c3cc(Cl)cc(Cl)c3)CC2)cc1F. The molecule has 4 rings (SSSR count). The Labute approximate surface area is 213 Å². The van der Waals surface area contributed by atoms with Crippen molar-refractivity contribution in [2.45, 2.75) is 50.2 Å². The Kier molecular flexibility index (Phi) is 7.97. The highest BCUT2D eigenvalue weighted by Gasteiger charge is 2.38. The molecule has 1 heterocycles. The lowest BCUT2D eigenvalue weighted by Gasteiger charge is -2.39. The number of alkyl halides is 1. The number of carbonyl (C=O) groups excluding carboxylic acids is 1. The first-order valence-electron chi connectivity index (χ1n) is 11.4. The van der Waals surface area contributed by atoms with Gasteiger partial charge in [-0.2, -0.15) is 0 Å². The zero-order valence-corrected chi connectivity index (χ0v) is 21.5. The van der Waals surface area contributed by atoms with Crippen molar-refractivity contribution in [3.8, 4) is 5.75 Å². The van der Waals surface area contributed by atoms with Crippen molar-refractivity contribution >= 4 is 41.1 Å². The molecule has 2 aromatic rings. The van der Waals surface area contributed by atoms with Crippen LogP contribution in [0, 0.1) is 5.82 Å². The van der Waals surface area contributed by atoms with Gasteiger partial charge in [0.25, 0.3) is 5.91 Å². The second-order valence-electron chi connectivity index (χ2n) is 9.13. The number of nitrogens with one attached hydrogen (secondary N) is 1.